The summed E-state index contributed by atoms with van der Waals surface area (Å²) in [5.41, 5.74) is 1.77. The Morgan fingerprint density at radius 3 is 2.56 bits per heavy atom. The molecule has 0 bridgehead atoms. The number of rotatable bonds is 4. The van der Waals surface area contributed by atoms with Gasteiger partial charge in [-0.15, -0.1) is 17.8 Å². The maximum atomic E-state index is 12.7. The van der Waals surface area contributed by atoms with Crippen LogP contribution in [-0.4, -0.2) is 18.4 Å². The molecule has 0 saturated heterocycles. The first-order valence-electron chi connectivity index (χ1n) is 7.72. The fourth-order valence-corrected chi connectivity index (χ4v) is 3.69. The lowest BCUT2D eigenvalue weighted by atomic mass is 10.1. The highest BCUT2D eigenvalue weighted by Crippen LogP contribution is 2.31. The molecule has 0 aliphatic rings. The van der Waals surface area contributed by atoms with Crippen LogP contribution in [0.25, 0.3) is 10.1 Å². The van der Waals surface area contributed by atoms with Gasteiger partial charge in [-0.1, -0.05) is 36.3 Å². The number of para-hydroxylation sites is 1. The minimum Gasteiger partial charge on any atom is -0.341 e. The van der Waals surface area contributed by atoms with Crippen molar-refractivity contribution in [3.8, 4) is 12.3 Å². The SMILES string of the molecule is C#CCNC(=O)c1ccccc1NC(=O)c1sc2ccccc2c1C. The molecular weight excluding hydrogens is 332 g/mol. The first kappa shape index (κ1) is 16.7. The third kappa shape index (κ3) is 3.39. The van der Waals surface area contributed by atoms with Crippen molar-refractivity contribution >= 4 is 38.9 Å². The van der Waals surface area contributed by atoms with E-state index in [0.29, 0.717) is 16.1 Å². The molecule has 0 fully saturated rings. The van der Waals surface area contributed by atoms with Crippen LogP contribution in [0.1, 0.15) is 25.6 Å². The van der Waals surface area contributed by atoms with Gasteiger partial charge in [0.15, 0.2) is 0 Å². The van der Waals surface area contributed by atoms with E-state index in [0.717, 1.165) is 15.6 Å². The van der Waals surface area contributed by atoms with Crippen LogP contribution < -0.4 is 10.6 Å². The minimum absolute atomic E-state index is 0.135. The molecule has 4 nitrogen and oxygen atoms in total. The smallest absolute Gasteiger partial charge is 0.266 e. The molecular formula is C20H16N2O2S. The van der Waals surface area contributed by atoms with Crippen LogP contribution in [0.4, 0.5) is 5.69 Å². The third-order valence-corrected chi connectivity index (χ3v) is 5.09. The molecule has 0 radical (unpaired) electrons. The molecule has 0 unspecified atom stereocenters. The Morgan fingerprint density at radius 1 is 1.08 bits per heavy atom. The van der Waals surface area contributed by atoms with Gasteiger partial charge >= 0.3 is 0 Å². The Morgan fingerprint density at radius 2 is 1.80 bits per heavy atom. The second-order valence-corrected chi connectivity index (χ2v) is 6.49. The van der Waals surface area contributed by atoms with Crippen molar-refractivity contribution in [1.82, 2.24) is 5.32 Å². The number of anilines is 1. The molecule has 2 amide bonds. The molecule has 0 aliphatic carbocycles. The molecule has 0 saturated carbocycles. The Labute approximate surface area is 149 Å². The van der Waals surface area contributed by atoms with E-state index in [1.165, 1.54) is 11.3 Å². The molecule has 0 atom stereocenters. The van der Waals surface area contributed by atoms with Gasteiger partial charge in [-0.05, 0) is 36.1 Å². The van der Waals surface area contributed by atoms with Crippen molar-refractivity contribution in [2.45, 2.75) is 6.92 Å². The number of amides is 2. The number of terminal acetylenes is 1. The molecule has 25 heavy (non-hydrogen) atoms. The summed E-state index contributed by atoms with van der Waals surface area (Å²) in [6.07, 6.45) is 5.17. The predicted octanol–water partition coefficient (Wildman–Crippen LogP) is 3.83. The van der Waals surface area contributed by atoms with E-state index < -0.39 is 0 Å². The quantitative estimate of drug-likeness (QED) is 0.704. The molecule has 2 N–H and O–H groups in total. The van der Waals surface area contributed by atoms with Crippen molar-refractivity contribution in [3.63, 3.8) is 0 Å². The van der Waals surface area contributed by atoms with Crippen molar-refractivity contribution in [2.24, 2.45) is 0 Å². The van der Waals surface area contributed by atoms with Gasteiger partial charge in [0.2, 0.25) is 0 Å². The van der Waals surface area contributed by atoms with Gasteiger partial charge < -0.3 is 10.6 Å². The van der Waals surface area contributed by atoms with Crippen LogP contribution in [0, 0.1) is 19.3 Å². The number of thiophene rings is 1. The summed E-state index contributed by atoms with van der Waals surface area (Å²) in [7, 11) is 0. The average molecular weight is 348 g/mol. The van der Waals surface area contributed by atoms with Gasteiger partial charge in [-0.2, -0.15) is 0 Å². The highest BCUT2D eigenvalue weighted by molar-refractivity contribution is 7.21. The fraction of sp³-hybridized carbons (Fsp3) is 0.100. The lowest BCUT2D eigenvalue weighted by Gasteiger charge is -2.10. The summed E-state index contributed by atoms with van der Waals surface area (Å²) in [5.74, 6) is 1.82. The van der Waals surface area contributed by atoms with Crippen molar-refractivity contribution in [1.29, 1.82) is 0 Å². The number of carbonyl (C=O) groups excluding carboxylic acids is 2. The van der Waals surface area contributed by atoms with E-state index in [4.69, 9.17) is 6.42 Å². The number of carbonyl (C=O) groups is 2. The topological polar surface area (TPSA) is 58.2 Å². The molecule has 0 spiro atoms. The molecule has 3 rings (SSSR count). The van der Waals surface area contributed by atoms with Crippen molar-refractivity contribution < 1.29 is 9.59 Å². The monoisotopic (exact) mass is 348 g/mol. The van der Waals surface area contributed by atoms with Gasteiger partial charge in [-0.25, -0.2) is 0 Å². The van der Waals surface area contributed by atoms with E-state index in [2.05, 4.69) is 16.6 Å². The molecule has 0 aliphatic heterocycles. The largest absolute Gasteiger partial charge is 0.341 e. The van der Waals surface area contributed by atoms with Crippen LogP contribution >= 0.6 is 11.3 Å². The Balaban J connectivity index is 1.89. The van der Waals surface area contributed by atoms with Crippen LogP contribution in [0.3, 0.4) is 0 Å². The molecule has 5 heteroatoms. The third-order valence-electron chi connectivity index (χ3n) is 3.82. The molecule has 124 valence electrons. The van der Waals surface area contributed by atoms with Gasteiger partial charge in [0, 0.05) is 4.70 Å². The first-order chi connectivity index (χ1) is 12.1. The standard InChI is InChI=1S/C20H16N2O2S/c1-3-12-21-19(23)15-9-4-6-10-16(15)22-20(24)18-13(2)14-8-5-7-11-17(14)25-18/h1,4-11H,12H2,2H3,(H,21,23)(H,22,24). The Kier molecular flexibility index (Phi) is 4.82. The number of nitrogens with one attached hydrogen (secondary N) is 2. The minimum atomic E-state index is -0.318. The van der Waals surface area contributed by atoms with Crippen molar-refractivity contribution in [3.05, 3.63) is 64.5 Å². The normalized spacial score (nSPS) is 10.2. The second-order valence-electron chi connectivity index (χ2n) is 5.44. The maximum Gasteiger partial charge on any atom is 0.266 e. The van der Waals surface area contributed by atoms with E-state index in [1.807, 2.05) is 31.2 Å². The zero-order chi connectivity index (χ0) is 17.8. The predicted molar refractivity (Wildman–Crippen MR) is 102 cm³/mol. The summed E-state index contributed by atoms with van der Waals surface area (Å²) in [6.45, 7) is 2.07. The van der Waals surface area contributed by atoms with Crippen molar-refractivity contribution in [2.75, 3.05) is 11.9 Å². The lowest BCUT2D eigenvalue weighted by molar-refractivity contribution is 0.0959. The lowest BCUT2D eigenvalue weighted by Crippen LogP contribution is -2.25. The molecule has 1 aromatic heterocycles. The van der Waals surface area contributed by atoms with Gasteiger partial charge in [-0.3, -0.25) is 9.59 Å². The molecule has 2 aromatic carbocycles. The highest BCUT2D eigenvalue weighted by atomic mass is 32.1. The highest BCUT2D eigenvalue weighted by Gasteiger charge is 2.18. The summed E-state index contributed by atoms with van der Waals surface area (Å²) < 4.78 is 1.06. The van der Waals surface area contributed by atoms with Gasteiger partial charge in [0.05, 0.1) is 22.7 Å². The Bertz CT molecular complexity index is 998. The number of hydrogen-bond donors (Lipinski definition) is 2. The number of benzene rings is 2. The van der Waals surface area contributed by atoms with Gasteiger partial charge in [0.1, 0.15) is 0 Å². The van der Waals surface area contributed by atoms with E-state index >= 15 is 0 Å². The number of aryl methyl sites for hydroxylation is 1. The van der Waals surface area contributed by atoms with E-state index in [9.17, 15) is 9.59 Å². The summed E-state index contributed by atoms with van der Waals surface area (Å²) in [4.78, 5) is 25.6. The summed E-state index contributed by atoms with van der Waals surface area (Å²) in [5, 5.41) is 6.52. The van der Waals surface area contributed by atoms with E-state index in [1.54, 1.807) is 24.3 Å². The number of fused-ring (bicyclic) bond motifs is 1. The summed E-state index contributed by atoms with van der Waals surface area (Å²) in [6, 6.07) is 14.8. The fourth-order valence-electron chi connectivity index (χ4n) is 2.59. The molecule has 3 aromatic rings. The maximum absolute atomic E-state index is 12.7. The average Bonchev–Trinajstić information content (AvgIpc) is 2.97. The van der Waals surface area contributed by atoms with Crippen LogP contribution in [0.5, 0.6) is 0 Å². The zero-order valence-electron chi connectivity index (χ0n) is 13.6. The second kappa shape index (κ2) is 7.20. The zero-order valence-corrected chi connectivity index (χ0v) is 14.4. The van der Waals surface area contributed by atoms with Crippen LogP contribution in [-0.2, 0) is 0 Å². The first-order valence-corrected chi connectivity index (χ1v) is 8.53. The summed E-state index contributed by atoms with van der Waals surface area (Å²) >= 11 is 1.44. The number of hydrogen-bond acceptors (Lipinski definition) is 3. The molecule has 1 heterocycles. The Hall–Kier alpha value is -3.10. The van der Waals surface area contributed by atoms with Crippen LogP contribution in [0.15, 0.2) is 48.5 Å². The van der Waals surface area contributed by atoms with E-state index in [-0.39, 0.29) is 18.4 Å². The van der Waals surface area contributed by atoms with Gasteiger partial charge in [0.25, 0.3) is 11.8 Å². The van der Waals surface area contributed by atoms with Crippen LogP contribution in [0.2, 0.25) is 0 Å².